The average molecular weight is 193 g/mol. The molecule has 1 aliphatic rings. The number of hydrogen-bond donors (Lipinski definition) is 0. The Labute approximate surface area is 86.6 Å². The summed E-state index contributed by atoms with van der Waals surface area (Å²) in [5, 5.41) is 8.95. The third-order valence-electron chi connectivity index (χ3n) is 2.87. The van der Waals surface area contributed by atoms with E-state index in [9.17, 15) is 0 Å². The molecule has 0 aromatic heterocycles. The Kier molecular flexibility index (Phi) is 4.69. The monoisotopic (exact) mass is 193 g/mol. The van der Waals surface area contributed by atoms with E-state index in [0.717, 1.165) is 19.3 Å². The Morgan fingerprint density at radius 3 is 3.00 bits per heavy atom. The molecule has 78 valence electrons. The molecular weight excluding hydrogens is 174 g/mol. The van der Waals surface area contributed by atoms with Crippen LogP contribution < -0.4 is 0 Å². The zero-order valence-electron chi connectivity index (χ0n) is 8.91. The standard InChI is InChI=1S/C12H19NO/c1-3-4-7-14-12-8-10(2)5-6-11(12)9-13/h3,10-12H,1,4-8H2,2H3. The highest BCUT2D eigenvalue weighted by Crippen LogP contribution is 2.30. The molecule has 0 radical (unpaired) electrons. The average Bonchev–Trinajstić information content (AvgIpc) is 2.19. The van der Waals surface area contributed by atoms with E-state index in [0.29, 0.717) is 12.5 Å². The first-order valence-electron chi connectivity index (χ1n) is 5.40. The summed E-state index contributed by atoms with van der Waals surface area (Å²) in [6.07, 6.45) is 6.09. The van der Waals surface area contributed by atoms with Gasteiger partial charge in [-0.3, -0.25) is 0 Å². The fourth-order valence-corrected chi connectivity index (χ4v) is 1.96. The van der Waals surface area contributed by atoms with Gasteiger partial charge in [0.05, 0.1) is 24.7 Å². The molecule has 1 saturated carbocycles. The van der Waals surface area contributed by atoms with Crippen molar-refractivity contribution in [3.05, 3.63) is 12.7 Å². The lowest BCUT2D eigenvalue weighted by atomic mass is 9.81. The highest BCUT2D eigenvalue weighted by Gasteiger charge is 2.28. The molecule has 0 aromatic rings. The predicted molar refractivity (Wildman–Crippen MR) is 56.7 cm³/mol. The Morgan fingerprint density at radius 1 is 1.57 bits per heavy atom. The summed E-state index contributed by atoms with van der Waals surface area (Å²) in [7, 11) is 0. The molecule has 14 heavy (non-hydrogen) atoms. The van der Waals surface area contributed by atoms with Crippen molar-refractivity contribution in [2.45, 2.75) is 38.7 Å². The van der Waals surface area contributed by atoms with Crippen LogP contribution in [0.25, 0.3) is 0 Å². The van der Waals surface area contributed by atoms with E-state index in [-0.39, 0.29) is 12.0 Å². The number of nitriles is 1. The number of ether oxygens (including phenoxy) is 1. The molecule has 0 N–H and O–H groups in total. The molecule has 0 bridgehead atoms. The molecule has 3 unspecified atom stereocenters. The Hall–Kier alpha value is -0.810. The minimum atomic E-state index is 0.107. The number of rotatable bonds is 4. The van der Waals surface area contributed by atoms with Crippen LogP contribution in [0.4, 0.5) is 0 Å². The normalized spacial score (nSPS) is 32.1. The van der Waals surface area contributed by atoms with Gasteiger partial charge in [-0.15, -0.1) is 6.58 Å². The Bertz CT molecular complexity index is 219. The molecule has 0 heterocycles. The molecular formula is C12H19NO. The van der Waals surface area contributed by atoms with Gasteiger partial charge >= 0.3 is 0 Å². The second-order valence-corrected chi connectivity index (χ2v) is 4.14. The quantitative estimate of drug-likeness (QED) is 0.508. The zero-order chi connectivity index (χ0) is 10.4. The SMILES string of the molecule is C=CCCOC1CC(C)CCC1C#N. The first-order valence-corrected chi connectivity index (χ1v) is 5.40. The van der Waals surface area contributed by atoms with Crippen molar-refractivity contribution in [1.82, 2.24) is 0 Å². The van der Waals surface area contributed by atoms with Gasteiger partial charge in [0.2, 0.25) is 0 Å². The Morgan fingerprint density at radius 2 is 2.36 bits per heavy atom. The van der Waals surface area contributed by atoms with Gasteiger partial charge in [0.25, 0.3) is 0 Å². The first kappa shape index (κ1) is 11.3. The summed E-state index contributed by atoms with van der Waals surface area (Å²) in [6, 6.07) is 2.35. The van der Waals surface area contributed by atoms with Gasteiger partial charge in [-0.05, 0) is 31.6 Å². The lowest BCUT2D eigenvalue weighted by Gasteiger charge is -2.30. The molecule has 2 heteroatoms. The minimum Gasteiger partial charge on any atom is -0.377 e. The molecule has 0 saturated heterocycles. The molecule has 1 fully saturated rings. The maximum Gasteiger partial charge on any atom is 0.0735 e. The van der Waals surface area contributed by atoms with E-state index in [2.05, 4.69) is 19.6 Å². The maximum absolute atomic E-state index is 8.95. The maximum atomic E-state index is 8.95. The molecule has 0 aromatic carbocycles. The van der Waals surface area contributed by atoms with Gasteiger partial charge in [0.15, 0.2) is 0 Å². The van der Waals surface area contributed by atoms with Crippen LogP contribution in [0.15, 0.2) is 12.7 Å². The third kappa shape index (κ3) is 3.16. The molecule has 2 nitrogen and oxygen atoms in total. The topological polar surface area (TPSA) is 33.0 Å². The van der Waals surface area contributed by atoms with E-state index in [1.807, 2.05) is 6.08 Å². The molecule has 1 rings (SSSR count). The molecule has 0 spiro atoms. The third-order valence-corrected chi connectivity index (χ3v) is 2.87. The molecule has 0 aliphatic heterocycles. The van der Waals surface area contributed by atoms with Gasteiger partial charge in [-0.2, -0.15) is 5.26 Å². The van der Waals surface area contributed by atoms with Crippen LogP contribution in [0, 0.1) is 23.2 Å². The van der Waals surface area contributed by atoms with Gasteiger partial charge in [0, 0.05) is 0 Å². The van der Waals surface area contributed by atoms with Crippen molar-refractivity contribution >= 4 is 0 Å². The van der Waals surface area contributed by atoms with Crippen molar-refractivity contribution < 1.29 is 4.74 Å². The Balaban J connectivity index is 2.37. The van der Waals surface area contributed by atoms with Gasteiger partial charge in [0.1, 0.15) is 0 Å². The second kappa shape index (κ2) is 5.82. The van der Waals surface area contributed by atoms with Crippen LogP contribution in [0.2, 0.25) is 0 Å². The summed E-state index contributed by atoms with van der Waals surface area (Å²) in [5.41, 5.74) is 0. The summed E-state index contributed by atoms with van der Waals surface area (Å²) >= 11 is 0. The summed E-state index contributed by atoms with van der Waals surface area (Å²) in [6.45, 7) is 6.59. The summed E-state index contributed by atoms with van der Waals surface area (Å²) in [5.74, 6) is 0.810. The fraction of sp³-hybridized carbons (Fsp3) is 0.750. The van der Waals surface area contributed by atoms with Crippen LogP contribution in [-0.4, -0.2) is 12.7 Å². The zero-order valence-corrected chi connectivity index (χ0v) is 8.91. The van der Waals surface area contributed by atoms with E-state index in [1.54, 1.807) is 0 Å². The van der Waals surface area contributed by atoms with Gasteiger partial charge in [-0.1, -0.05) is 13.0 Å². The summed E-state index contributed by atoms with van der Waals surface area (Å²) in [4.78, 5) is 0. The van der Waals surface area contributed by atoms with Crippen molar-refractivity contribution in [2.75, 3.05) is 6.61 Å². The highest BCUT2D eigenvalue weighted by atomic mass is 16.5. The highest BCUT2D eigenvalue weighted by molar-refractivity contribution is 4.93. The smallest absolute Gasteiger partial charge is 0.0735 e. The van der Waals surface area contributed by atoms with Crippen molar-refractivity contribution in [3.63, 3.8) is 0 Å². The lowest BCUT2D eigenvalue weighted by molar-refractivity contribution is -0.00474. The number of hydrogen-bond acceptors (Lipinski definition) is 2. The number of nitrogens with zero attached hydrogens (tertiary/aromatic N) is 1. The van der Waals surface area contributed by atoms with Crippen molar-refractivity contribution in [1.29, 1.82) is 5.26 Å². The van der Waals surface area contributed by atoms with Gasteiger partial charge in [-0.25, -0.2) is 0 Å². The van der Waals surface area contributed by atoms with Crippen molar-refractivity contribution in [3.8, 4) is 6.07 Å². The van der Waals surface area contributed by atoms with E-state index in [4.69, 9.17) is 10.00 Å². The molecule has 0 amide bonds. The minimum absolute atomic E-state index is 0.107. The van der Waals surface area contributed by atoms with Crippen LogP contribution >= 0.6 is 0 Å². The predicted octanol–water partition coefficient (Wildman–Crippen LogP) is 2.91. The molecule has 3 atom stereocenters. The largest absolute Gasteiger partial charge is 0.377 e. The van der Waals surface area contributed by atoms with E-state index in [1.165, 1.54) is 6.42 Å². The van der Waals surface area contributed by atoms with Crippen LogP contribution in [0.1, 0.15) is 32.6 Å². The lowest BCUT2D eigenvalue weighted by Crippen LogP contribution is -2.30. The van der Waals surface area contributed by atoms with E-state index < -0.39 is 0 Å². The molecule has 1 aliphatic carbocycles. The summed E-state index contributed by atoms with van der Waals surface area (Å²) < 4.78 is 5.70. The first-order chi connectivity index (χ1) is 6.77. The second-order valence-electron chi connectivity index (χ2n) is 4.14. The van der Waals surface area contributed by atoms with Gasteiger partial charge < -0.3 is 4.74 Å². The van der Waals surface area contributed by atoms with Crippen LogP contribution in [0.5, 0.6) is 0 Å². The van der Waals surface area contributed by atoms with Crippen LogP contribution in [0.3, 0.4) is 0 Å². The van der Waals surface area contributed by atoms with Crippen molar-refractivity contribution in [2.24, 2.45) is 11.8 Å². The fourth-order valence-electron chi connectivity index (χ4n) is 1.96. The van der Waals surface area contributed by atoms with Crippen LogP contribution in [-0.2, 0) is 4.74 Å². The van der Waals surface area contributed by atoms with E-state index >= 15 is 0 Å².